The van der Waals surface area contributed by atoms with E-state index in [4.69, 9.17) is 9.47 Å². The number of amides is 1. The molecule has 0 spiro atoms. The van der Waals surface area contributed by atoms with Crippen molar-refractivity contribution in [3.05, 3.63) is 0 Å². The lowest BCUT2D eigenvalue weighted by Gasteiger charge is -2.14. The molecule has 0 aliphatic carbocycles. The van der Waals surface area contributed by atoms with Crippen LogP contribution in [0.25, 0.3) is 0 Å². The van der Waals surface area contributed by atoms with Gasteiger partial charge in [0.2, 0.25) is 0 Å². The SMILES string of the molecule is CCOCOC(=O)N1CCC(C=O)C1. The third-order valence-corrected chi connectivity index (χ3v) is 2.15. The predicted octanol–water partition coefficient (Wildman–Crippen LogP) is 0.638. The second kappa shape index (κ2) is 5.59. The monoisotopic (exact) mass is 201 g/mol. The highest BCUT2D eigenvalue weighted by Crippen LogP contribution is 2.14. The summed E-state index contributed by atoms with van der Waals surface area (Å²) in [6, 6.07) is 0. The molecule has 1 rings (SSSR count). The largest absolute Gasteiger partial charge is 0.422 e. The fraction of sp³-hybridized carbons (Fsp3) is 0.778. The number of rotatable bonds is 4. The third-order valence-electron chi connectivity index (χ3n) is 2.15. The molecule has 1 saturated heterocycles. The van der Waals surface area contributed by atoms with Crippen molar-refractivity contribution >= 4 is 12.4 Å². The summed E-state index contributed by atoms with van der Waals surface area (Å²) in [5, 5.41) is 0. The molecule has 1 aliphatic heterocycles. The molecule has 1 atom stereocenters. The van der Waals surface area contributed by atoms with Crippen LogP contribution >= 0.6 is 0 Å². The Morgan fingerprint density at radius 1 is 1.64 bits per heavy atom. The van der Waals surface area contributed by atoms with Crippen molar-refractivity contribution in [2.45, 2.75) is 13.3 Å². The number of aldehydes is 1. The van der Waals surface area contributed by atoms with E-state index in [1.807, 2.05) is 6.92 Å². The van der Waals surface area contributed by atoms with Gasteiger partial charge in [0, 0.05) is 25.6 Å². The summed E-state index contributed by atoms with van der Waals surface area (Å²) in [5.74, 6) is -0.0327. The van der Waals surface area contributed by atoms with E-state index in [0.717, 1.165) is 12.7 Å². The highest BCUT2D eigenvalue weighted by atomic mass is 16.7. The summed E-state index contributed by atoms with van der Waals surface area (Å²) >= 11 is 0. The maximum Gasteiger partial charge on any atom is 0.411 e. The molecule has 0 aromatic carbocycles. The van der Waals surface area contributed by atoms with E-state index in [9.17, 15) is 9.59 Å². The van der Waals surface area contributed by atoms with E-state index in [1.165, 1.54) is 4.90 Å². The number of carbonyl (C=O) groups excluding carboxylic acids is 2. The maximum absolute atomic E-state index is 11.3. The van der Waals surface area contributed by atoms with Crippen LogP contribution in [0.2, 0.25) is 0 Å². The Kier molecular flexibility index (Phi) is 4.39. The number of nitrogens with zero attached hydrogens (tertiary/aromatic N) is 1. The van der Waals surface area contributed by atoms with Crippen molar-refractivity contribution in [3.8, 4) is 0 Å². The second-order valence-electron chi connectivity index (χ2n) is 3.15. The normalized spacial score (nSPS) is 20.9. The van der Waals surface area contributed by atoms with Crippen LogP contribution in [-0.2, 0) is 14.3 Å². The minimum absolute atomic E-state index is 0.0163. The van der Waals surface area contributed by atoms with Crippen LogP contribution < -0.4 is 0 Å². The summed E-state index contributed by atoms with van der Waals surface area (Å²) in [7, 11) is 0. The topological polar surface area (TPSA) is 55.8 Å². The summed E-state index contributed by atoms with van der Waals surface area (Å²) in [6.45, 7) is 3.39. The lowest BCUT2D eigenvalue weighted by atomic mass is 10.1. The molecule has 0 N–H and O–H groups in total. The molecule has 1 unspecified atom stereocenters. The van der Waals surface area contributed by atoms with Crippen LogP contribution in [0.15, 0.2) is 0 Å². The number of likely N-dealkylation sites (tertiary alicyclic amines) is 1. The van der Waals surface area contributed by atoms with E-state index in [0.29, 0.717) is 19.7 Å². The molecule has 5 nitrogen and oxygen atoms in total. The molecular weight excluding hydrogens is 186 g/mol. The first-order valence-electron chi connectivity index (χ1n) is 4.72. The smallest absolute Gasteiger partial charge is 0.411 e. The highest BCUT2D eigenvalue weighted by Gasteiger charge is 2.26. The molecule has 1 aliphatic rings. The molecule has 5 heteroatoms. The van der Waals surface area contributed by atoms with Gasteiger partial charge in [0.25, 0.3) is 0 Å². The fourth-order valence-electron chi connectivity index (χ4n) is 1.33. The van der Waals surface area contributed by atoms with Gasteiger partial charge in [-0.1, -0.05) is 0 Å². The molecule has 1 heterocycles. The molecule has 14 heavy (non-hydrogen) atoms. The van der Waals surface area contributed by atoms with Gasteiger partial charge in [-0.25, -0.2) is 4.79 Å². The zero-order chi connectivity index (χ0) is 10.4. The van der Waals surface area contributed by atoms with Gasteiger partial charge in [-0.05, 0) is 13.3 Å². The standard InChI is InChI=1S/C9H15NO4/c1-2-13-7-14-9(12)10-4-3-8(5-10)6-11/h6,8H,2-5,7H2,1H3. The van der Waals surface area contributed by atoms with E-state index in [1.54, 1.807) is 0 Å². The quantitative estimate of drug-likeness (QED) is 0.380. The van der Waals surface area contributed by atoms with Crippen molar-refractivity contribution in [2.75, 3.05) is 26.5 Å². The minimum atomic E-state index is -0.400. The van der Waals surface area contributed by atoms with Gasteiger partial charge < -0.3 is 19.2 Å². The Hall–Kier alpha value is -1.10. The van der Waals surface area contributed by atoms with E-state index < -0.39 is 6.09 Å². The van der Waals surface area contributed by atoms with Crippen molar-refractivity contribution in [3.63, 3.8) is 0 Å². The first-order valence-corrected chi connectivity index (χ1v) is 4.72. The van der Waals surface area contributed by atoms with Crippen LogP contribution in [-0.4, -0.2) is 43.8 Å². The second-order valence-corrected chi connectivity index (χ2v) is 3.15. The molecule has 0 saturated carbocycles. The fourth-order valence-corrected chi connectivity index (χ4v) is 1.33. The van der Waals surface area contributed by atoms with Gasteiger partial charge in [0.1, 0.15) is 6.29 Å². The van der Waals surface area contributed by atoms with Crippen LogP contribution in [0.4, 0.5) is 4.79 Å². The van der Waals surface area contributed by atoms with Crippen molar-refractivity contribution in [1.29, 1.82) is 0 Å². The van der Waals surface area contributed by atoms with E-state index in [2.05, 4.69) is 0 Å². The van der Waals surface area contributed by atoms with Gasteiger partial charge in [0.05, 0.1) is 0 Å². The van der Waals surface area contributed by atoms with Gasteiger partial charge in [-0.2, -0.15) is 0 Å². The number of hydrogen-bond acceptors (Lipinski definition) is 4. The summed E-state index contributed by atoms with van der Waals surface area (Å²) in [4.78, 5) is 23.2. The zero-order valence-corrected chi connectivity index (χ0v) is 8.27. The number of carbonyl (C=O) groups is 2. The average Bonchev–Trinajstić information content (AvgIpc) is 2.66. The van der Waals surface area contributed by atoms with Gasteiger partial charge in [-0.3, -0.25) is 0 Å². The Morgan fingerprint density at radius 2 is 2.43 bits per heavy atom. The molecule has 0 aromatic heterocycles. The lowest BCUT2D eigenvalue weighted by Crippen LogP contribution is -2.30. The summed E-state index contributed by atoms with van der Waals surface area (Å²) in [5.41, 5.74) is 0. The van der Waals surface area contributed by atoms with Crippen molar-refractivity contribution < 1.29 is 19.1 Å². The van der Waals surface area contributed by atoms with Crippen LogP contribution in [0.1, 0.15) is 13.3 Å². The minimum Gasteiger partial charge on any atom is -0.422 e. The van der Waals surface area contributed by atoms with Crippen LogP contribution in [0, 0.1) is 5.92 Å². The first-order chi connectivity index (χ1) is 6.77. The van der Waals surface area contributed by atoms with Crippen molar-refractivity contribution in [1.82, 2.24) is 4.90 Å². The van der Waals surface area contributed by atoms with Crippen molar-refractivity contribution in [2.24, 2.45) is 5.92 Å². The van der Waals surface area contributed by atoms with E-state index >= 15 is 0 Å². The predicted molar refractivity (Wildman–Crippen MR) is 48.7 cm³/mol. The van der Waals surface area contributed by atoms with Crippen LogP contribution in [0.3, 0.4) is 0 Å². The average molecular weight is 201 g/mol. The Morgan fingerprint density at radius 3 is 3.00 bits per heavy atom. The maximum atomic E-state index is 11.3. The summed E-state index contributed by atoms with van der Waals surface area (Å²) < 4.78 is 9.69. The Bertz CT molecular complexity index is 207. The first kappa shape index (κ1) is 11.0. The third kappa shape index (κ3) is 2.99. The molecule has 80 valence electrons. The summed E-state index contributed by atoms with van der Waals surface area (Å²) in [6.07, 6.45) is 1.21. The van der Waals surface area contributed by atoms with Crippen LogP contribution in [0.5, 0.6) is 0 Å². The molecule has 0 radical (unpaired) electrons. The number of ether oxygens (including phenoxy) is 2. The molecule has 1 amide bonds. The van der Waals surface area contributed by atoms with Gasteiger partial charge >= 0.3 is 6.09 Å². The zero-order valence-electron chi connectivity index (χ0n) is 8.27. The van der Waals surface area contributed by atoms with Gasteiger partial charge in [0.15, 0.2) is 6.79 Å². The van der Waals surface area contributed by atoms with E-state index in [-0.39, 0.29) is 12.7 Å². The molecule has 1 fully saturated rings. The number of hydrogen-bond donors (Lipinski definition) is 0. The highest BCUT2D eigenvalue weighted by molar-refractivity contribution is 5.69. The lowest BCUT2D eigenvalue weighted by molar-refractivity contribution is -0.110. The molecular formula is C9H15NO4. The van der Waals surface area contributed by atoms with Gasteiger partial charge in [-0.15, -0.1) is 0 Å². The Labute approximate surface area is 83.0 Å². The Balaban J connectivity index is 2.21. The molecule has 0 aromatic rings. The molecule has 0 bridgehead atoms.